The van der Waals surface area contributed by atoms with E-state index in [1.807, 2.05) is 0 Å². The molecule has 0 amide bonds. The largest absolute Gasteiger partial charge is 0.462 e. The monoisotopic (exact) mass is 412 g/mol. The predicted molar refractivity (Wildman–Crippen MR) is 40.9 cm³/mol. The molecule has 0 aromatic heterocycles. The quantitative estimate of drug-likeness (QED) is 0.378. The van der Waals surface area contributed by atoms with Gasteiger partial charge >= 0.3 is 28.2 Å². The van der Waals surface area contributed by atoms with Gasteiger partial charge in [-0.05, 0) is 0 Å². The van der Waals surface area contributed by atoms with Crippen LogP contribution in [0.3, 0.4) is 0 Å². The van der Waals surface area contributed by atoms with Gasteiger partial charge in [-0.25, -0.2) is 4.74 Å². The fraction of sp³-hybridized carbons (Fsp3) is 1.00. The molecule has 0 unspecified atom stereocenters. The molecule has 1 nitrogen and oxygen atoms in total. The normalized spacial score (nSPS) is 16.0. The van der Waals surface area contributed by atoms with Crippen molar-refractivity contribution in [3.05, 3.63) is 0 Å². The lowest BCUT2D eigenvalue weighted by atomic mass is 10.3. The molecular weight excluding hydrogens is 412 g/mol. The molecule has 0 fully saturated rings. The van der Waals surface area contributed by atoms with Crippen LogP contribution in [0.25, 0.3) is 0 Å². The molecule has 13 heteroatoms. The fourth-order valence-electron chi connectivity index (χ4n) is 0.448. The molecule has 0 heterocycles. The highest BCUT2D eigenvalue weighted by molar-refractivity contribution is 14.1. The van der Waals surface area contributed by atoms with E-state index in [0.717, 1.165) is 0 Å². The third-order valence-electron chi connectivity index (χ3n) is 1.31. The molecule has 0 aromatic carbocycles. The topological polar surface area (TPSA) is 9.23 Å². The Morgan fingerprint density at radius 1 is 0.611 bits per heavy atom. The maximum absolute atomic E-state index is 12.2. The van der Waals surface area contributed by atoms with Crippen molar-refractivity contribution in [2.45, 2.75) is 28.2 Å². The number of ether oxygens (including phenoxy) is 1. The second kappa shape index (κ2) is 4.49. The molecule has 0 bridgehead atoms. The summed E-state index contributed by atoms with van der Waals surface area (Å²) in [5.74, 6) is -7.06. The Balaban J connectivity index is 5.33. The second-order valence-electron chi connectivity index (χ2n) is 2.71. The maximum atomic E-state index is 12.2. The van der Waals surface area contributed by atoms with Gasteiger partial charge in [0.05, 0.1) is 0 Å². The van der Waals surface area contributed by atoms with Gasteiger partial charge in [0.25, 0.3) is 0 Å². The second-order valence-corrected chi connectivity index (χ2v) is 4.06. The van der Waals surface area contributed by atoms with Gasteiger partial charge in [-0.3, -0.25) is 0 Å². The first-order valence-corrected chi connectivity index (χ1v) is 4.50. The van der Waals surface area contributed by atoms with Crippen molar-refractivity contribution in [1.82, 2.24) is 0 Å². The summed E-state index contributed by atoms with van der Waals surface area (Å²) in [6.45, 7) is 0. The smallest absolute Gasteiger partial charge is 0.245 e. The van der Waals surface area contributed by atoms with Crippen LogP contribution < -0.4 is 0 Å². The van der Waals surface area contributed by atoms with Crippen molar-refractivity contribution in [3.8, 4) is 0 Å². The number of hydrogen-bond acceptors (Lipinski definition) is 1. The number of alkyl halides is 12. The highest BCUT2D eigenvalue weighted by Crippen LogP contribution is 2.52. The molecule has 0 radical (unpaired) electrons. The van der Waals surface area contributed by atoms with Gasteiger partial charge in [0.2, 0.25) is 0 Å². The first-order valence-electron chi connectivity index (χ1n) is 3.43. The molecule has 0 saturated carbocycles. The minimum absolute atomic E-state index is 0.459. The lowest BCUT2D eigenvalue weighted by molar-refractivity contribution is -0.485. The highest BCUT2D eigenvalue weighted by atomic mass is 127. The summed E-state index contributed by atoms with van der Waals surface area (Å²) in [7, 11) is 0. The molecular formula is C5F11IO. The van der Waals surface area contributed by atoms with E-state index in [1.54, 1.807) is 4.74 Å². The molecule has 0 aliphatic rings. The molecule has 18 heavy (non-hydrogen) atoms. The van der Waals surface area contributed by atoms with Crippen LogP contribution >= 0.6 is 22.6 Å². The number of halogens is 12. The summed E-state index contributed by atoms with van der Waals surface area (Å²) in [4.78, 5) is 0. The van der Waals surface area contributed by atoms with Crippen LogP contribution in [0.5, 0.6) is 0 Å². The van der Waals surface area contributed by atoms with Crippen molar-refractivity contribution < 1.29 is 53.0 Å². The van der Waals surface area contributed by atoms with E-state index in [2.05, 4.69) is 0 Å². The summed E-state index contributed by atoms with van der Waals surface area (Å²) < 4.78 is 127. The van der Waals surface area contributed by atoms with Gasteiger partial charge in [-0.15, -0.1) is 0 Å². The van der Waals surface area contributed by atoms with Crippen LogP contribution in [-0.4, -0.2) is 28.2 Å². The van der Waals surface area contributed by atoms with Crippen LogP contribution in [-0.2, 0) is 4.74 Å². The molecule has 0 rings (SSSR count). The number of hydrogen-bond donors (Lipinski definition) is 0. The minimum atomic E-state index is -7.06. The van der Waals surface area contributed by atoms with Crippen LogP contribution in [0.15, 0.2) is 0 Å². The van der Waals surface area contributed by atoms with Gasteiger partial charge in [0.15, 0.2) is 0 Å². The minimum Gasteiger partial charge on any atom is -0.245 e. The third-order valence-corrected chi connectivity index (χ3v) is 1.94. The first-order chi connectivity index (χ1) is 7.46. The Morgan fingerprint density at radius 3 is 1.17 bits per heavy atom. The van der Waals surface area contributed by atoms with E-state index in [9.17, 15) is 48.3 Å². The van der Waals surface area contributed by atoms with Crippen molar-refractivity contribution >= 4 is 22.6 Å². The van der Waals surface area contributed by atoms with Gasteiger partial charge in [-0.2, -0.15) is 48.3 Å². The number of rotatable bonds is 4. The average molecular weight is 412 g/mol. The van der Waals surface area contributed by atoms with Crippen LogP contribution in [0, 0.1) is 0 Å². The summed E-state index contributed by atoms with van der Waals surface area (Å²) >= 11 is -0.459. The van der Waals surface area contributed by atoms with E-state index < -0.39 is 50.8 Å². The zero-order chi connectivity index (χ0) is 15.2. The van der Waals surface area contributed by atoms with E-state index >= 15 is 0 Å². The maximum Gasteiger partial charge on any atom is 0.462 e. The molecule has 0 aliphatic heterocycles. The SMILES string of the molecule is FC(F)(F)C(F)(F)C(F)(F)OC(F)(F)C(F)(F)I. The standard InChI is InChI=1S/C5F11IO/c6-1(7,2(8,9)10)4(13,14)18-5(15,16)3(11,12)17. The summed E-state index contributed by atoms with van der Waals surface area (Å²) in [6.07, 6.45) is -20.1. The zero-order valence-corrected chi connectivity index (χ0v) is 9.60. The van der Waals surface area contributed by atoms with Crippen molar-refractivity contribution in [1.29, 1.82) is 0 Å². The molecule has 0 atom stereocenters. The van der Waals surface area contributed by atoms with Gasteiger partial charge in [0, 0.05) is 22.6 Å². The Bertz CT molecular complexity index is 302. The van der Waals surface area contributed by atoms with E-state index in [4.69, 9.17) is 0 Å². The first kappa shape index (κ1) is 17.9. The average Bonchev–Trinajstić information content (AvgIpc) is 1.96. The molecule has 0 N–H and O–H groups in total. The predicted octanol–water partition coefficient (Wildman–Crippen LogP) is 4.41. The van der Waals surface area contributed by atoms with Crippen LogP contribution in [0.4, 0.5) is 48.3 Å². The molecule has 0 aromatic rings. The van der Waals surface area contributed by atoms with E-state index in [-0.39, 0.29) is 0 Å². The summed E-state index contributed by atoms with van der Waals surface area (Å²) in [6, 6.07) is 0. The highest BCUT2D eigenvalue weighted by Gasteiger charge is 2.78. The van der Waals surface area contributed by atoms with Crippen molar-refractivity contribution in [2.24, 2.45) is 0 Å². The lowest BCUT2D eigenvalue weighted by Crippen LogP contribution is -2.57. The Kier molecular flexibility index (Phi) is 4.47. The van der Waals surface area contributed by atoms with Crippen molar-refractivity contribution in [3.63, 3.8) is 0 Å². The van der Waals surface area contributed by atoms with Crippen LogP contribution in [0.1, 0.15) is 0 Å². The van der Waals surface area contributed by atoms with E-state index in [0.29, 0.717) is 0 Å². The molecule has 0 spiro atoms. The van der Waals surface area contributed by atoms with Gasteiger partial charge < -0.3 is 0 Å². The molecule has 0 saturated heterocycles. The Labute approximate surface area is 104 Å². The Hall–Kier alpha value is -0.0800. The zero-order valence-electron chi connectivity index (χ0n) is 7.44. The third kappa shape index (κ3) is 3.27. The summed E-state index contributed by atoms with van der Waals surface area (Å²) in [5, 5.41) is 0. The fourth-order valence-corrected chi connectivity index (χ4v) is 0.558. The van der Waals surface area contributed by atoms with Crippen molar-refractivity contribution in [2.75, 3.05) is 0 Å². The van der Waals surface area contributed by atoms with Crippen LogP contribution in [0.2, 0.25) is 0 Å². The molecule has 110 valence electrons. The lowest BCUT2D eigenvalue weighted by Gasteiger charge is -2.31. The molecule has 0 aliphatic carbocycles. The van der Waals surface area contributed by atoms with E-state index in [1.165, 1.54) is 0 Å². The Morgan fingerprint density at radius 2 is 0.944 bits per heavy atom. The van der Waals surface area contributed by atoms with Gasteiger partial charge in [-0.1, -0.05) is 0 Å². The van der Waals surface area contributed by atoms with Gasteiger partial charge in [0.1, 0.15) is 0 Å². The summed E-state index contributed by atoms with van der Waals surface area (Å²) in [5.41, 5.74) is 0.